The molecule has 1 aromatic heterocycles. The van der Waals surface area contributed by atoms with Crippen molar-refractivity contribution in [3.05, 3.63) is 93.2 Å². The number of aromatic amines is 1. The highest BCUT2D eigenvalue weighted by atomic mass is 16.5. The van der Waals surface area contributed by atoms with Gasteiger partial charge in [0.25, 0.3) is 5.56 Å². The number of methoxy groups -OCH3 is 1. The summed E-state index contributed by atoms with van der Waals surface area (Å²) in [5.74, 6) is 4.62. The predicted molar refractivity (Wildman–Crippen MR) is 143 cm³/mol. The molecule has 0 saturated carbocycles. The van der Waals surface area contributed by atoms with Crippen molar-refractivity contribution in [2.75, 3.05) is 46.6 Å². The Morgan fingerprint density at radius 2 is 1.74 bits per heavy atom. The monoisotopic (exact) mass is 516 g/mol. The Bertz CT molecular complexity index is 1320. The van der Waals surface area contributed by atoms with Crippen LogP contribution in [-0.2, 0) is 27.2 Å². The number of morpholine rings is 1. The Labute approximate surface area is 221 Å². The van der Waals surface area contributed by atoms with Gasteiger partial charge in [0.1, 0.15) is 5.69 Å². The normalized spacial score (nSPS) is 14.3. The maximum Gasteiger partial charge on any atom is 0.293 e. The van der Waals surface area contributed by atoms with Crippen LogP contribution in [0.25, 0.3) is 0 Å². The first-order valence-corrected chi connectivity index (χ1v) is 12.6. The number of carbonyl (C=O) groups excluding carboxylic acids is 1. The van der Waals surface area contributed by atoms with E-state index in [2.05, 4.69) is 44.2 Å². The van der Waals surface area contributed by atoms with Gasteiger partial charge in [0.2, 0.25) is 11.7 Å². The molecule has 0 spiro atoms. The number of aromatic nitrogens is 2. The largest absolute Gasteiger partial charge is 0.502 e. The van der Waals surface area contributed by atoms with Gasteiger partial charge >= 0.3 is 0 Å². The van der Waals surface area contributed by atoms with Crippen molar-refractivity contribution in [3.8, 4) is 17.6 Å². The third-order valence-electron chi connectivity index (χ3n) is 6.32. The predicted octanol–water partition coefficient (Wildman–Crippen LogP) is 1.80. The maximum atomic E-state index is 12.9. The fourth-order valence-corrected chi connectivity index (χ4v) is 4.19. The number of aromatic hydroxyl groups is 1. The highest BCUT2D eigenvalue weighted by Gasteiger charge is 2.26. The molecule has 3 aromatic rings. The van der Waals surface area contributed by atoms with Crippen LogP contribution < -0.4 is 10.9 Å². The number of hydrogen-bond donors (Lipinski definition) is 3. The van der Waals surface area contributed by atoms with E-state index in [1.807, 2.05) is 36.4 Å². The van der Waals surface area contributed by atoms with E-state index in [1.165, 1.54) is 11.9 Å². The second-order valence-electron chi connectivity index (χ2n) is 9.04. The van der Waals surface area contributed by atoms with E-state index in [1.54, 1.807) is 7.11 Å². The molecule has 0 bridgehead atoms. The van der Waals surface area contributed by atoms with Gasteiger partial charge in [0.05, 0.1) is 32.1 Å². The van der Waals surface area contributed by atoms with Gasteiger partial charge in [-0.2, -0.15) is 0 Å². The molecule has 1 fully saturated rings. The zero-order chi connectivity index (χ0) is 26.7. The lowest BCUT2D eigenvalue weighted by atomic mass is 9.94. The first-order valence-electron chi connectivity index (χ1n) is 12.6. The Hall–Kier alpha value is -3.97. The first-order chi connectivity index (χ1) is 18.5. The number of ether oxygens (including phenoxy) is 2. The van der Waals surface area contributed by atoms with Gasteiger partial charge in [-0.15, -0.1) is 0 Å². The summed E-state index contributed by atoms with van der Waals surface area (Å²) in [6.07, 6.45) is 1.43. The summed E-state index contributed by atoms with van der Waals surface area (Å²) in [6, 6.07) is 15.8. The minimum absolute atomic E-state index is 0.0320. The number of H-pyrrole nitrogens is 1. The Morgan fingerprint density at radius 1 is 1.11 bits per heavy atom. The van der Waals surface area contributed by atoms with E-state index in [0.717, 1.165) is 49.5 Å². The van der Waals surface area contributed by atoms with Crippen molar-refractivity contribution < 1.29 is 19.4 Å². The maximum absolute atomic E-state index is 12.9. The molecular formula is C29H32N4O5. The van der Waals surface area contributed by atoms with Crippen LogP contribution in [0.2, 0.25) is 0 Å². The zero-order valence-corrected chi connectivity index (χ0v) is 21.4. The second kappa shape index (κ2) is 13.5. The van der Waals surface area contributed by atoms with Crippen molar-refractivity contribution in [3.63, 3.8) is 0 Å². The zero-order valence-electron chi connectivity index (χ0n) is 21.4. The molecule has 4 rings (SSSR count). The fraction of sp³-hybridized carbons (Fsp3) is 0.345. The van der Waals surface area contributed by atoms with Crippen LogP contribution in [0, 0.1) is 11.8 Å². The quantitative estimate of drug-likeness (QED) is 0.293. The summed E-state index contributed by atoms with van der Waals surface area (Å²) in [5.41, 5.74) is 3.21. The smallest absolute Gasteiger partial charge is 0.293 e. The van der Waals surface area contributed by atoms with Gasteiger partial charge in [-0.25, -0.2) is 4.98 Å². The van der Waals surface area contributed by atoms with E-state index in [-0.39, 0.29) is 18.0 Å². The summed E-state index contributed by atoms with van der Waals surface area (Å²) in [6.45, 7) is 5.05. The minimum atomic E-state index is -0.845. The summed E-state index contributed by atoms with van der Waals surface area (Å²) < 4.78 is 10.4. The highest BCUT2D eigenvalue weighted by Crippen LogP contribution is 2.24. The molecule has 9 heteroatoms. The summed E-state index contributed by atoms with van der Waals surface area (Å²) >= 11 is 0. The van der Waals surface area contributed by atoms with Crippen molar-refractivity contribution >= 4 is 5.91 Å². The summed E-state index contributed by atoms with van der Waals surface area (Å²) in [7, 11) is 1.54. The third kappa shape index (κ3) is 7.52. The Kier molecular flexibility index (Phi) is 9.65. The lowest BCUT2D eigenvalue weighted by Crippen LogP contribution is -2.35. The van der Waals surface area contributed by atoms with Crippen molar-refractivity contribution in [2.24, 2.45) is 0 Å². The van der Waals surface area contributed by atoms with Crippen LogP contribution >= 0.6 is 0 Å². The lowest BCUT2D eigenvalue weighted by molar-refractivity contribution is -0.122. The van der Waals surface area contributed by atoms with Gasteiger partial charge in [0.15, 0.2) is 0 Å². The second-order valence-corrected chi connectivity index (χ2v) is 9.04. The number of rotatable bonds is 9. The van der Waals surface area contributed by atoms with Crippen LogP contribution in [0.4, 0.5) is 0 Å². The Morgan fingerprint density at radius 3 is 2.37 bits per heavy atom. The molecule has 1 saturated heterocycles. The number of carbonyl (C=O) groups is 1. The number of nitrogens with one attached hydrogen (secondary N) is 2. The van der Waals surface area contributed by atoms with E-state index < -0.39 is 17.2 Å². The fourth-order valence-electron chi connectivity index (χ4n) is 4.19. The molecule has 198 valence electrons. The minimum Gasteiger partial charge on any atom is -0.502 e. The van der Waals surface area contributed by atoms with Crippen molar-refractivity contribution in [1.29, 1.82) is 0 Å². The molecule has 1 atom stereocenters. The number of amides is 1. The lowest BCUT2D eigenvalue weighted by Gasteiger charge is -2.26. The molecule has 1 amide bonds. The number of nitrogens with zero attached hydrogens (tertiary/aromatic N) is 2. The average Bonchev–Trinajstić information content (AvgIpc) is 2.94. The molecular weight excluding hydrogens is 484 g/mol. The van der Waals surface area contributed by atoms with Crippen LogP contribution in [0.3, 0.4) is 0 Å². The topological polar surface area (TPSA) is 117 Å². The first kappa shape index (κ1) is 27.1. The molecule has 0 radical (unpaired) electrons. The SMILES string of the molecule is COCCNC(=O)C(Cc1ccc(C#Cc2ccc(CN3CCOCC3)cc2)cc1)c1nc[nH]c(=O)c1O. The highest BCUT2D eigenvalue weighted by molar-refractivity contribution is 5.84. The molecule has 0 aliphatic carbocycles. The van der Waals surface area contributed by atoms with E-state index >= 15 is 0 Å². The molecule has 1 unspecified atom stereocenters. The van der Waals surface area contributed by atoms with Gasteiger partial charge in [0, 0.05) is 44.4 Å². The number of benzene rings is 2. The summed E-state index contributed by atoms with van der Waals surface area (Å²) in [4.78, 5) is 33.6. The van der Waals surface area contributed by atoms with Crippen LogP contribution in [0.1, 0.15) is 33.9 Å². The van der Waals surface area contributed by atoms with Crippen molar-refractivity contribution in [1.82, 2.24) is 20.2 Å². The van der Waals surface area contributed by atoms with Gasteiger partial charge < -0.3 is 24.9 Å². The van der Waals surface area contributed by atoms with E-state index in [9.17, 15) is 14.7 Å². The average molecular weight is 517 g/mol. The molecule has 1 aliphatic heterocycles. The number of hydrogen-bond acceptors (Lipinski definition) is 7. The van der Waals surface area contributed by atoms with Crippen LogP contribution in [-0.4, -0.2) is 72.4 Å². The molecule has 38 heavy (non-hydrogen) atoms. The third-order valence-corrected chi connectivity index (χ3v) is 6.32. The molecule has 2 heterocycles. The molecule has 3 N–H and O–H groups in total. The standard InChI is InChI=1S/C29H32N4O5/c1-37-15-12-30-28(35)25(26-27(34)29(36)32-20-31-26)18-23-8-4-21(5-9-23)2-3-22-6-10-24(11-7-22)19-33-13-16-38-17-14-33/h4-11,20,25,34H,12-19H2,1H3,(H,30,35)(H,31,32,36). The van der Waals surface area contributed by atoms with Gasteiger partial charge in [-0.05, 0) is 41.8 Å². The van der Waals surface area contributed by atoms with E-state index in [0.29, 0.717) is 13.2 Å². The van der Waals surface area contributed by atoms with Gasteiger partial charge in [-0.3, -0.25) is 14.5 Å². The molecule has 1 aliphatic rings. The van der Waals surface area contributed by atoms with Crippen LogP contribution in [0.5, 0.6) is 5.75 Å². The van der Waals surface area contributed by atoms with E-state index in [4.69, 9.17) is 9.47 Å². The molecule has 2 aromatic carbocycles. The van der Waals surface area contributed by atoms with Gasteiger partial charge in [-0.1, -0.05) is 36.1 Å². The Balaban J connectivity index is 1.42. The van der Waals surface area contributed by atoms with Crippen LogP contribution in [0.15, 0.2) is 59.7 Å². The molecule has 9 nitrogen and oxygen atoms in total. The summed E-state index contributed by atoms with van der Waals surface area (Å²) in [5, 5.41) is 13.0. The van der Waals surface area contributed by atoms with Crippen molar-refractivity contribution in [2.45, 2.75) is 18.9 Å².